The van der Waals surface area contributed by atoms with Gasteiger partial charge in [0.1, 0.15) is 32.5 Å². The van der Waals surface area contributed by atoms with E-state index in [9.17, 15) is 4.79 Å². The summed E-state index contributed by atoms with van der Waals surface area (Å²) in [4.78, 5) is 19.6. The number of benzene rings is 3. The zero-order valence-corrected chi connectivity index (χ0v) is 97.7. The Morgan fingerprint density at radius 3 is 1.02 bits per heavy atom. The van der Waals surface area contributed by atoms with Gasteiger partial charge in [-0.1, -0.05) is 384 Å². The molecule has 20 heteroatoms. The number of morpholine rings is 1. The predicted octanol–water partition coefficient (Wildman–Crippen LogP) is 33.1. The minimum Gasteiger partial charge on any atom is -0.464 e. The van der Waals surface area contributed by atoms with Gasteiger partial charge in [-0.2, -0.15) is 9.36 Å². The Hall–Kier alpha value is -5.39. The van der Waals surface area contributed by atoms with Gasteiger partial charge in [0.25, 0.3) is 0 Å². The van der Waals surface area contributed by atoms with Crippen LogP contribution in [-0.4, -0.2) is 134 Å². The van der Waals surface area contributed by atoms with Gasteiger partial charge < -0.3 is 54.5 Å². The van der Waals surface area contributed by atoms with Gasteiger partial charge in [0.2, 0.25) is 5.89 Å². The molecule has 5 fully saturated rings. The topological polar surface area (TPSA) is 218 Å². The van der Waals surface area contributed by atoms with Gasteiger partial charge in [0.05, 0.1) is 25.0 Å². The van der Waals surface area contributed by atoms with Gasteiger partial charge in [0, 0.05) is 108 Å². The lowest BCUT2D eigenvalue weighted by atomic mass is 9.97. The van der Waals surface area contributed by atoms with E-state index < -0.39 is 0 Å². The first kappa shape index (κ1) is 152. The van der Waals surface area contributed by atoms with Crippen molar-refractivity contribution in [1.82, 2.24) is 56.3 Å². The Kier molecular flexibility index (Phi) is 138. The number of nitrogens with one attached hydrogen (secondary N) is 5. The number of hydrogen-bond donors (Lipinski definition) is 5. The molecule has 782 valence electrons. The maximum atomic E-state index is 11.4. The summed E-state index contributed by atoms with van der Waals surface area (Å²) in [6.45, 7) is 117. The number of hydrogen-bond acceptors (Lipinski definition) is 20. The van der Waals surface area contributed by atoms with Crippen molar-refractivity contribution in [2.24, 2.45) is 47.3 Å². The maximum Gasteiger partial charge on any atom is 0.339 e. The molecule has 7 aliphatic heterocycles. The lowest BCUT2D eigenvalue weighted by Crippen LogP contribution is -2.39. The van der Waals surface area contributed by atoms with Crippen LogP contribution in [0.25, 0.3) is 11.0 Å². The minimum atomic E-state index is -0.186. The number of ether oxygens (including phenoxy) is 4. The van der Waals surface area contributed by atoms with Crippen LogP contribution in [0.15, 0.2) is 94.1 Å². The van der Waals surface area contributed by atoms with E-state index in [1.807, 2.05) is 193 Å². The largest absolute Gasteiger partial charge is 0.464 e. The molecule has 14 rings (SSSR count). The molecule has 1 atom stereocenters. The zero-order chi connectivity index (χ0) is 104. The summed E-state index contributed by atoms with van der Waals surface area (Å²) in [6.07, 6.45) is 13.5. The Bertz CT molecular complexity index is 2860. The molecule has 18 nitrogen and oxygen atoms in total. The van der Waals surface area contributed by atoms with Crippen molar-refractivity contribution in [2.75, 3.05) is 98.5 Å². The highest BCUT2D eigenvalue weighted by atomic mass is 32.1. The third kappa shape index (κ3) is 123. The molecule has 0 aliphatic carbocycles. The van der Waals surface area contributed by atoms with Crippen LogP contribution in [0.4, 0.5) is 0 Å². The Morgan fingerprint density at radius 1 is 0.364 bits per heavy atom. The van der Waals surface area contributed by atoms with E-state index >= 15 is 0 Å². The van der Waals surface area contributed by atoms with Gasteiger partial charge in [-0.05, 0) is 173 Å². The number of rotatable bonds is 4. The molecule has 3 aromatic carbocycles. The first-order chi connectivity index (χ1) is 62.9. The molecule has 11 heterocycles. The van der Waals surface area contributed by atoms with Crippen molar-refractivity contribution >= 4 is 39.8 Å². The zero-order valence-electron chi connectivity index (χ0n) is 96.0. The molecule has 1 unspecified atom stereocenters. The molecule has 7 aliphatic rings. The molecule has 4 aromatic heterocycles. The lowest BCUT2D eigenvalue weighted by molar-refractivity contribution is 0.0280. The number of piperidine rings is 1. The van der Waals surface area contributed by atoms with Crippen molar-refractivity contribution in [3.8, 4) is 0 Å². The summed E-state index contributed by atoms with van der Waals surface area (Å²) in [5.41, 5.74) is 5.69. The van der Waals surface area contributed by atoms with Gasteiger partial charge >= 0.3 is 5.97 Å². The third-order valence-corrected chi connectivity index (χ3v) is 15.5. The molecular formula is C112H225N11O7S2. The number of para-hydroxylation sites is 1. The van der Waals surface area contributed by atoms with E-state index in [1.165, 1.54) is 93.5 Å². The van der Waals surface area contributed by atoms with Crippen molar-refractivity contribution in [2.45, 2.75) is 421 Å². The fourth-order valence-electron chi connectivity index (χ4n) is 8.76. The number of piperazine rings is 1. The number of cyclic esters (lactones) is 1. The van der Waals surface area contributed by atoms with Gasteiger partial charge in [-0.15, -0.1) is 21.5 Å². The van der Waals surface area contributed by atoms with Crippen LogP contribution in [0.1, 0.15) is 446 Å². The number of carbonyl (C=O) groups is 1. The summed E-state index contributed by atoms with van der Waals surface area (Å²) in [5.74, 6) is 9.74. The Balaban J connectivity index is -0.000000116. The van der Waals surface area contributed by atoms with E-state index in [1.54, 1.807) is 24.5 Å². The van der Waals surface area contributed by atoms with Crippen LogP contribution in [0.5, 0.6) is 0 Å². The monoisotopic (exact) mass is 1900 g/mol. The SMILES string of the molecule is C1CCNCC1.C1CCOC1.C1CCOCC1.C1CNCCN1.C1COCCN1.CC.CC.CC.CC.CC.CC.CC.CC.CC(C)C.CC(C)C.CC(C)C.CC(C)C.CC(C)C.CC(C)C.CC(C)C.CC(C)C1OC(=O)c2ccccc21.Cc1nc(C(C)C)no1.Cc1nc(C(C)C)ns1.Cc1nnc(C(C)C)s1.c1ccc2c(c1)CCNC2.c1ccc2occc2c1. The van der Waals surface area contributed by atoms with Crippen LogP contribution in [0.2, 0.25) is 0 Å². The number of nitrogens with zero attached hydrogens (tertiary/aromatic N) is 6. The number of fused-ring (bicyclic) bond motifs is 3. The molecule has 0 bridgehead atoms. The lowest BCUT2D eigenvalue weighted by Gasteiger charge is -2.15. The number of esters is 1. The van der Waals surface area contributed by atoms with Crippen LogP contribution in [0.3, 0.4) is 0 Å². The van der Waals surface area contributed by atoms with Crippen molar-refractivity contribution in [1.29, 1.82) is 0 Å². The van der Waals surface area contributed by atoms with Gasteiger partial charge in [-0.25, -0.2) is 9.78 Å². The molecule has 0 spiro atoms. The predicted molar refractivity (Wildman–Crippen MR) is 593 cm³/mol. The first-order valence-corrected chi connectivity index (χ1v) is 53.9. The number of carbonyl (C=O) groups excluding carboxylic acids is 1. The first-order valence-electron chi connectivity index (χ1n) is 52.3. The van der Waals surface area contributed by atoms with E-state index in [-0.39, 0.29) is 12.1 Å². The van der Waals surface area contributed by atoms with Crippen molar-refractivity contribution in [3.05, 3.63) is 140 Å². The van der Waals surface area contributed by atoms with Gasteiger partial charge in [0.15, 0.2) is 5.82 Å². The standard InChI is InChI=1S/C11H12O2.C9H11N.C8H6O.C6H10N2O.2C6H10N2S.C5H11N.C5H10O.C4H10N2.C4H9NO.C4H8O.7C4H10.8C2H6/c1-7(2)10-8-5-3-4-6-9(8)11(12)13-10;1-2-4-9-7-10-6-5-8(9)3-1;1-2-4-8-7(3-1)5-6-9-8;1-4(2)6-7-5(3)9-8-6;1-4(2)6-8-7-5(3)9-6;1-4(2)6-7-5(3)9-8-6;2*1-2-4-6-5-3-1;1-2-6-4-3-5-1;1-3-6-4-2-5-1;1-2-4-5-3-1;7*1-4(2)3;8*1-2/h3-7,10H,1-2H3;1-4,10H,5-7H2;1-6H;3*4H,1-3H3;6H,1-5H2;1-5H2;5-6H,1-4H2;5H,1-4H2;1-4H2;7*4H,1-3H3;8*1-2H3. The molecule has 0 saturated carbocycles. The number of aromatic nitrogens is 6. The average Bonchev–Trinajstić information content (AvgIpc) is 1.66. The minimum absolute atomic E-state index is 0.0521. The second-order valence-corrected chi connectivity index (χ2v) is 37.2. The highest BCUT2D eigenvalue weighted by molar-refractivity contribution is 7.11. The molecule has 132 heavy (non-hydrogen) atoms. The highest BCUT2D eigenvalue weighted by Gasteiger charge is 2.32. The summed E-state index contributed by atoms with van der Waals surface area (Å²) >= 11 is 3.15. The number of furan rings is 1. The van der Waals surface area contributed by atoms with E-state index in [0.717, 1.165) is 182 Å². The highest BCUT2D eigenvalue weighted by Crippen LogP contribution is 2.35. The van der Waals surface area contributed by atoms with Gasteiger partial charge in [-0.3, -0.25) is 0 Å². The maximum absolute atomic E-state index is 11.4. The average molecular weight is 1900 g/mol. The molecular weight excluding hydrogens is 1680 g/mol. The quantitative estimate of drug-likeness (QED) is 0.104. The van der Waals surface area contributed by atoms with Crippen LogP contribution >= 0.6 is 22.9 Å². The second-order valence-electron chi connectivity index (χ2n) is 35.1. The fourth-order valence-corrected chi connectivity index (χ4v) is 10.1. The van der Waals surface area contributed by atoms with E-state index in [4.69, 9.17) is 27.9 Å². The molecule has 0 radical (unpaired) electrons. The summed E-state index contributed by atoms with van der Waals surface area (Å²) in [5, 5.41) is 32.3. The van der Waals surface area contributed by atoms with Crippen molar-refractivity contribution < 1.29 is 32.7 Å². The fraction of sp³-hybridized carbons (Fsp3) is 0.759. The Labute approximate surface area is 830 Å². The van der Waals surface area contributed by atoms with E-state index in [0.29, 0.717) is 29.6 Å². The third-order valence-electron chi connectivity index (χ3n) is 13.8. The summed E-state index contributed by atoms with van der Waals surface area (Å²) in [6, 6.07) is 26.1. The molecule has 0 amide bonds. The van der Waals surface area contributed by atoms with Crippen LogP contribution in [0, 0.1) is 68.1 Å². The van der Waals surface area contributed by atoms with Crippen LogP contribution in [-0.2, 0) is 31.9 Å². The molecule has 5 saturated heterocycles. The second kappa shape index (κ2) is 120. The number of aryl methyl sites for hydroxylation is 3. The summed E-state index contributed by atoms with van der Waals surface area (Å²) < 4.78 is 34.3. The summed E-state index contributed by atoms with van der Waals surface area (Å²) in [7, 11) is 0. The van der Waals surface area contributed by atoms with E-state index in [2.05, 4.69) is 267 Å². The van der Waals surface area contributed by atoms with Crippen LogP contribution < -0.4 is 26.6 Å². The molecule has 5 N–H and O–H groups in total. The smallest absolute Gasteiger partial charge is 0.339 e. The van der Waals surface area contributed by atoms with Crippen molar-refractivity contribution in [3.63, 3.8) is 0 Å². The molecule has 7 aromatic rings. The Morgan fingerprint density at radius 2 is 0.742 bits per heavy atom. The normalized spacial score (nSPS) is 13.7.